The van der Waals surface area contributed by atoms with Gasteiger partial charge >= 0.3 is 0 Å². The van der Waals surface area contributed by atoms with Crippen LogP contribution in [0.4, 0.5) is 0 Å². The van der Waals surface area contributed by atoms with Crippen LogP contribution in [0.1, 0.15) is 51.3 Å². The lowest BCUT2D eigenvalue weighted by Crippen LogP contribution is -2.10. The minimum absolute atomic E-state index is 0.0211. The van der Waals surface area contributed by atoms with Crippen molar-refractivity contribution < 1.29 is 24.9 Å². The first-order valence-electron chi connectivity index (χ1n) is 7.77. The summed E-state index contributed by atoms with van der Waals surface area (Å²) < 4.78 is 0. The average Bonchev–Trinajstić information content (AvgIpc) is 2.55. The number of hydrogen-bond acceptors (Lipinski definition) is 5. The molecule has 0 spiro atoms. The van der Waals surface area contributed by atoms with Gasteiger partial charge in [0.15, 0.2) is 23.6 Å². The van der Waals surface area contributed by atoms with E-state index in [9.17, 15) is 24.9 Å². The molecule has 0 aliphatic carbocycles. The molecule has 0 saturated heterocycles. The molecular formula is C20H20O5. The molecule has 2 aromatic carbocycles. The van der Waals surface area contributed by atoms with Gasteiger partial charge in [0.25, 0.3) is 0 Å². The molecule has 0 aliphatic rings. The largest absolute Gasteiger partial charge is 0.507 e. The Morgan fingerprint density at radius 2 is 1.76 bits per heavy atom. The Labute approximate surface area is 145 Å². The highest BCUT2D eigenvalue weighted by Gasteiger charge is 2.24. The number of carbonyl (C=O) groups is 2. The summed E-state index contributed by atoms with van der Waals surface area (Å²) in [6.45, 7) is 5.49. The minimum atomic E-state index is -0.633. The standard InChI is InChI=1S/C20H20O5/c1-11(2)4-5-13-6-7-16(22)15(10-21)18(13)20(25)14-8-12(3)9-17(23)19(14)24/h4,6-10,22-24H,5H2,1-3H3. The molecule has 5 heteroatoms. The van der Waals surface area contributed by atoms with Crippen LogP contribution in [-0.4, -0.2) is 27.4 Å². The van der Waals surface area contributed by atoms with Crippen molar-refractivity contribution in [2.45, 2.75) is 27.2 Å². The first kappa shape index (κ1) is 18.3. The number of aldehydes is 1. The van der Waals surface area contributed by atoms with Crippen LogP contribution in [0.2, 0.25) is 0 Å². The summed E-state index contributed by atoms with van der Waals surface area (Å²) in [4.78, 5) is 24.5. The van der Waals surface area contributed by atoms with Crippen molar-refractivity contribution >= 4 is 12.1 Å². The fraction of sp³-hybridized carbons (Fsp3) is 0.200. The van der Waals surface area contributed by atoms with Gasteiger partial charge in [-0.2, -0.15) is 0 Å². The van der Waals surface area contributed by atoms with E-state index in [1.165, 1.54) is 18.2 Å². The lowest BCUT2D eigenvalue weighted by atomic mass is 9.90. The zero-order chi connectivity index (χ0) is 18.7. The van der Waals surface area contributed by atoms with Crippen LogP contribution in [0.25, 0.3) is 0 Å². The lowest BCUT2D eigenvalue weighted by Gasteiger charge is -2.13. The van der Waals surface area contributed by atoms with Gasteiger partial charge in [-0.25, -0.2) is 0 Å². The van der Waals surface area contributed by atoms with Crippen molar-refractivity contribution in [3.05, 3.63) is 63.7 Å². The molecular weight excluding hydrogens is 320 g/mol. The summed E-state index contributed by atoms with van der Waals surface area (Å²) >= 11 is 0. The number of benzene rings is 2. The maximum absolute atomic E-state index is 13.0. The number of phenolic OH excluding ortho intramolecular Hbond substituents is 3. The van der Waals surface area contributed by atoms with Crippen molar-refractivity contribution in [2.24, 2.45) is 0 Å². The first-order valence-corrected chi connectivity index (χ1v) is 7.77. The number of ketones is 1. The van der Waals surface area contributed by atoms with Crippen molar-refractivity contribution in [1.29, 1.82) is 0 Å². The number of rotatable bonds is 5. The van der Waals surface area contributed by atoms with Crippen LogP contribution in [-0.2, 0) is 6.42 Å². The monoisotopic (exact) mass is 340 g/mol. The summed E-state index contributed by atoms with van der Waals surface area (Å²) in [5.41, 5.74) is 1.93. The highest BCUT2D eigenvalue weighted by atomic mass is 16.3. The van der Waals surface area contributed by atoms with E-state index in [0.29, 0.717) is 23.8 Å². The number of allylic oxidation sites excluding steroid dienone is 2. The normalized spacial score (nSPS) is 10.4. The predicted molar refractivity (Wildman–Crippen MR) is 94.6 cm³/mol. The first-order chi connectivity index (χ1) is 11.8. The van der Waals surface area contributed by atoms with Crippen molar-refractivity contribution in [1.82, 2.24) is 0 Å². The number of carbonyl (C=O) groups excluding carboxylic acids is 2. The van der Waals surface area contributed by atoms with E-state index >= 15 is 0 Å². The third kappa shape index (κ3) is 3.71. The molecule has 2 aromatic rings. The summed E-state index contributed by atoms with van der Waals surface area (Å²) in [5.74, 6) is -1.91. The maximum atomic E-state index is 13.0. The Balaban J connectivity index is 2.72. The van der Waals surface area contributed by atoms with Crippen molar-refractivity contribution in [2.75, 3.05) is 0 Å². The van der Waals surface area contributed by atoms with Gasteiger partial charge in [-0.3, -0.25) is 9.59 Å². The molecule has 0 bridgehead atoms. The second-order valence-electron chi connectivity index (χ2n) is 6.15. The summed E-state index contributed by atoms with van der Waals surface area (Å²) in [5, 5.41) is 29.8. The highest BCUT2D eigenvalue weighted by Crippen LogP contribution is 2.34. The summed E-state index contributed by atoms with van der Waals surface area (Å²) in [6.07, 6.45) is 2.70. The number of aromatic hydroxyl groups is 3. The molecule has 130 valence electrons. The summed E-state index contributed by atoms with van der Waals surface area (Å²) in [6, 6.07) is 5.70. The molecule has 0 unspecified atom stereocenters. The Morgan fingerprint density at radius 1 is 1.08 bits per heavy atom. The molecule has 0 aliphatic heterocycles. The van der Waals surface area contributed by atoms with E-state index in [0.717, 1.165) is 5.57 Å². The van der Waals surface area contributed by atoms with E-state index in [-0.39, 0.29) is 22.4 Å². The molecule has 0 aromatic heterocycles. The number of hydrogen-bond donors (Lipinski definition) is 3. The predicted octanol–water partition coefficient (Wildman–Crippen LogP) is 3.66. The minimum Gasteiger partial charge on any atom is -0.507 e. The van der Waals surface area contributed by atoms with Crippen LogP contribution >= 0.6 is 0 Å². The van der Waals surface area contributed by atoms with Gasteiger partial charge in [0.2, 0.25) is 0 Å². The lowest BCUT2D eigenvalue weighted by molar-refractivity contribution is 0.102. The van der Waals surface area contributed by atoms with Crippen LogP contribution in [0, 0.1) is 6.92 Å². The quantitative estimate of drug-likeness (QED) is 0.334. The Morgan fingerprint density at radius 3 is 2.36 bits per heavy atom. The van der Waals surface area contributed by atoms with E-state index < -0.39 is 17.3 Å². The van der Waals surface area contributed by atoms with E-state index in [2.05, 4.69) is 0 Å². The zero-order valence-electron chi connectivity index (χ0n) is 14.3. The second-order valence-corrected chi connectivity index (χ2v) is 6.15. The Kier molecular flexibility index (Phi) is 5.27. The van der Waals surface area contributed by atoms with E-state index in [1.807, 2.05) is 19.9 Å². The fourth-order valence-electron chi connectivity index (χ4n) is 2.59. The van der Waals surface area contributed by atoms with Gasteiger partial charge in [0, 0.05) is 5.56 Å². The molecule has 5 nitrogen and oxygen atoms in total. The molecule has 25 heavy (non-hydrogen) atoms. The molecule has 0 atom stereocenters. The average molecular weight is 340 g/mol. The Hall–Kier alpha value is -3.08. The van der Waals surface area contributed by atoms with Gasteiger partial charge in [0.05, 0.1) is 11.1 Å². The van der Waals surface area contributed by atoms with Gasteiger partial charge in [-0.1, -0.05) is 17.7 Å². The number of aryl methyl sites for hydroxylation is 1. The molecule has 0 saturated carbocycles. The zero-order valence-corrected chi connectivity index (χ0v) is 14.3. The molecule has 0 amide bonds. The van der Waals surface area contributed by atoms with Gasteiger partial charge < -0.3 is 15.3 Å². The second kappa shape index (κ2) is 7.21. The van der Waals surface area contributed by atoms with Crippen molar-refractivity contribution in [3.63, 3.8) is 0 Å². The van der Waals surface area contributed by atoms with E-state index in [1.54, 1.807) is 13.0 Å². The van der Waals surface area contributed by atoms with Crippen molar-refractivity contribution in [3.8, 4) is 17.2 Å². The maximum Gasteiger partial charge on any atom is 0.198 e. The highest BCUT2D eigenvalue weighted by molar-refractivity contribution is 6.16. The molecule has 2 rings (SSSR count). The SMILES string of the molecule is CC(C)=CCc1ccc(O)c(C=O)c1C(=O)c1cc(C)cc(O)c1O. The molecule has 0 fully saturated rings. The molecule has 0 heterocycles. The Bertz CT molecular complexity index is 874. The van der Waals surface area contributed by atoms with Crippen LogP contribution in [0.15, 0.2) is 35.9 Å². The van der Waals surface area contributed by atoms with Gasteiger partial charge in [0.1, 0.15) is 5.75 Å². The fourth-order valence-corrected chi connectivity index (χ4v) is 2.59. The van der Waals surface area contributed by atoms with Gasteiger partial charge in [-0.15, -0.1) is 0 Å². The summed E-state index contributed by atoms with van der Waals surface area (Å²) in [7, 11) is 0. The number of phenols is 3. The van der Waals surface area contributed by atoms with Crippen LogP contribution in [0.3, 0.4) is 0 Å². The van der Waals surface area contributed by atoms with E-state index in [4.69, 9.17) is 0 Å². The topological polar surface area (TPSA) is 94.8 Å². The third-order valence-electron chi connectivity index (χ3n) is 3.86. The van der Waals surface area contributed by atoms with Crippen LogP contribution in [0.5, 0.6) is 17.2 Å². The van der Waals surface area contributed by atoms with Crippen LogP contribution < -0.4 is 0 Å². The third-order valence-corrected chi connectivity index (χ3v) is 3.86. The smallest absolute Gasteiger partial charge is 0.198 e. The van der Waals surface area contributed by atoms with Gasteiger partial charge in [-0.05, 0) is 56.5 Å². The molecule has 3 N–H and O–H groups in total. The molecule has 0 radical (unpaired) electrons.